The lowest BCUT2D eigenvalue weighted by molar-refractivity contribution is 0.127. The van der Waals surface area contributed by atoms with Crippen LogP contribution in [0, 0.1) is 0 Å². The van der Waals surface area contributed by atoms with Gasteiger partial charge in [0.05, 0.1) is 6.10 Å². The quantitative estimate of drug-likeness (QED) is 0.733. The van der Waals surface area contributed by atoms with E-state index in [-0.39, 0.29) is 4.75 Å². The number of hydrogen-bond donors (Lipinski definition) is 1. The molecule has 1 aliphatic heterocycles. The lowest BCUT2D eigenvalue weighted by atomic mass is 10.2. The van der Waals surface area contributed by atoms with Crippen molar-refractivity contribution in [1.82, 2.24) is 0 Å². The lowest BCUT2D eigenvalue weighted by Gasteiger charge is -2.27. The van der Waals surface area contributed by atoms with E-state index in [1.165, 1.54) is 6.42 Å². The van der Waals surface area contributed by atoms with Gasteiger partial charge in [-0.15, -0.1) is 11.8 Å². The van der Waals surface area contributed by atoms with Gasteiger partial charge in [0.25, 0.3) is 0 Å². The Morgan fingerprint density at radius 3 is 2.67 bits per heavy atom. The topological polar surface area (TPSA) is 35.2 Å². The van der Waals surface area contributed by atoms with Crippen LogP contribution in [-0.2, 0) is 4.74 Å². The number of ether oxygens (including phenoxy) is 1. The molecule has 3 heteroatoms. The van der Waals surface area contributed by atoms with Crippen molar-refractivity contribution in [3.63, 3.8) is 0 Å². The second-order valence-electron chi connectivity index (χ2n) is 3.98. The van der Waals surface area contributed by atoms with Crippen molar-refractivity contribution in [1.29, 1.82) is 0 Å². The Kier molecular flexibility index (Phi) is 3.44. The van der Waals surface area contributed by atoms with Crippen LogP contribution in [0.4, 0.5) is 0 Å². The van der Waals surface area contributed by atoms with Gasteiger partial charge in [-0.1, -0.05) is 0 Å². The second kappa shape index (κ2) is 3.99. The van der Waals surface area contributed by atoms with Gasteiger partial charge in [0.2, 0.25) is 0 Å². The molecule has 2 atom stereocenters. The van der Waals surface area contributed by atoms with E-state index in [1.807, 2.05) is 11.8 Å². The first-order valence-electron chi connectivity index (χ1n) is 4.54. The van der Waals surface area contributed by atoms with Crippen molar-refractivity contribution in [2.24, 2.45) is 5.73 Å². The molecule has 2 unspecified atom stereocenters. The van der Waals surface area contributed by atoms with Gasteiger partial charge in [-0.3, -0.25) is 0 Å². The van der Waals surface area contributed by atoms with Crippen LogP contribution in [-0.4, -0.2) is 29.3 Å². The van der Waals surface area contributed by atoms with Gasteiger partial charge in [0.15, 0.2) is 0 Å². The van der Waals surface area contributed by atoms with Crippen molar-refractivity contribution in [3.05, 3.63) is 0 Å². The fourth-order valence-electron chi connectivity index (χ4n) is 1.32. The summed E-state index contributed by atoms with van der Waals surface area (Å²) in [7, 11) is 0. The number of thioether (sulfide) groups is 1. The van der Waals surface area contributed by atoms with Gasteiger partial charge in [0, 0.05) is 23.1 Å². The van der Waals surface area contributed by atoms with E-state index in [2.05, 4.69) is 20.8 Å². The zero-order valence-electron chi connectivity index (χ0n) is 8.17. The Balaban J connectivity index is 2.39. The maximum atomic E-state index is 5.67. The molecule has 1 aliphatic rings. The molecule has 1 rings (SSSR count). The third-order valence-corrected chi connectivity index (χ3v) is 4.00. The van der Waals surface area contributed by atoms with E-state index in [0.717, 1.165) is 13.2 Å². The summed E-state index contributed by atoms with van der Waals surface area (Å²) < 4.78 is 5.70. The number of rotatable bonds is 3. The zero-order valence-corrected chi connectivity index (χ0v) is 8.99. The highest BCUT2D eigenvalue weighted by atomic mass is 32.2. The van der Waals surface area contributed by atoms with Crippen LogP contribution >= 0.6 is 11.8 Å². The van der Waals surface area contributed by atoms with Crippen molar-refractivity contribution in [3.8, 4) is 0 Å². The molecule has 0 aliphatic carbocycles. The minimum Gasteiger partial charge on any atom is -0.377 e. The van der Waals surface area contributed by atoms with Crippen molar-refractivity contribution >= 4 is 11.8 Å². The highest BCUT2D eigenvalue weighted by Crippen LogP contribution is 2.35. The minimum atomic E-state index is 0.201. The Bertz CT molecular complexity index is 149. The average molecular weight is 189 g/mol. The summed E-state index contributed by atoms with van der Waals surface area (Å²) in [6.45, 7) is 8.20. The lowest BCUT2D eigenvalue weighted by Crippen LogP contribution is -2.31. The predicted molar refractivity (Wildman–Crippen MR) is 54.5 cm³/mol. The number of nitrogens with two attached hydrogens (primary N) is 1. The molecule has 0 saturated carbocycles. The Morgan fingerprint density at radius 2 is 2.25 bits per heavy atom. The van der Waals surface area contributed by atoms with Gasteiger partial charge in [-0.2, -0.15) is 0 Å². The molecule has 12 heavy (non-hydrogen) atoms. The van der Waals surface area contributed by atoms with Gasteiger partial charge in [-0.25, -0.2) is 0 Å². The van der Waals surface area contributed by atoms with Crippen LogP contribution in [0.3, 0.4) is 0 Å². The van der Waals surface area contributed by atoms with Crippen LogP contribution in [0.2, 0.25) is 0 Å². The molecule has 2 nitrogen and oxygen atoms in total. The number of hydrogen-bond acceptors (Lipinski definition) is 3. The fraction of sp³-hybridized carbons (Fsp3) is 1.00. The molecule has 0 spiro atoms. The third kappa shape index (κ3) is 2.64. The van der Waals surface area contributed by atoms with E-state index < -0.39 is 0 Å². The molecule has 1 heterocycles. The molecular formula is C9H19NOS. The van der Waals surface area contributed by atoms with Gasteiger partial charge >= 0.3 is 0 Å². The molecule has 1 saturated heterocycles. The molecule has 72 valence electrons. The standard InChI is InChI=1S/C9H19NOS/c1-7-8(4-5-11-7)12-9(2,3)6-10/h7-8H,4-6,10H2,1-3H3. The largest absolute Gasteiger partial charge is 0.377 e. The van der Waals surface area contributed by atoms with Crippen LogP contribution < -0.4 is 5.73 Å². The zero-order chi connectivity index (χ0) is 9.19. The molecule has 0 amide bonds. The van der Waals surface area contributed by atoms with Crippen molar-refractivity contribution in [2.45, 2.75) is 43.3 Å². The van der Waals surface area contributed by atoms with E-state index in [0.29, 0.717) is 11.4 Å². The third-order valence-electron chi connectivity index (χ3n) is 2.27. The van der Waals surface area contributed by atoms with E-state index in [1.54, 1.807) is 0 Å². The summed E-state index contributed by atoms with van der Waals surface area (Å²) in [5, 5.41) is 0.642. The highest BCUT2D eigenvalue weighted by molar-refractivity contribution is 8.01. The summed E-state index contributed by atoms with van der Waals surface area (Å²) in [6.07, 6.45) is 1.58. The molecule has 2 N–H and O–H groups in total. The summed E-state index contributed by atoms with van der Waals surface area (Å²) in [5.74, 6) is 0. The Morgan fingerprint density at radius 1 is 1.58 bits per heavy atom. The molecule has 0 radical (unpaired) electrons. The van der Waals surface area contributed by atoms with Gasteiger partial charge in [0.1, 0.15) is 0 Å². The molecule has 1 fully saturated rings. The van der Waals surface area contributed by atoms with Crippen molar-refractivity contribution < 1.29 is 4.74 Å². The van der Waals surface area contributed by atoms with Gasteiger partial charge in [-0.05, 0) is 27.2 Å². The average Bonchev–Trinajstić information content (AvgIpc) is 2.36. The highest BCUT2D eigenvalue weighted by Gasteiger charge is 2.30. The summed E-state index contributed by atoms with van der Waals surface area (Å²) in [6, 6.07) is 0. The summed E-state index contributed by atoms with van der Waals surface area (Å²) in [5.41, 5.74) is 5.67. The summed E-state index contributed by atoms with van der Waals surface area (Å²) in [4.78, 5) is 0. The first kappa shape index (κ1) is 10.4. The fourth-order valence-corrected chi connectivity index (χ4v) is 2.72. The molecule has 0 aromatic rings. The maximum absolute atomic E-state index is 5.67. The van der Waals surface area contributed by atoms with Crippen molar-refractivity contribution in [2.75, 3.05) is 13.2 Å². The molecule has 0 aromatic carbocycles. The Labute approximate surface area is 79.2 Å². The first-order valence-corrected chi connectivity index (χ1v) is 5.42. The molecular weight excluding hydrogens is 170 g/mol. The second-order valence-corrected chi connectivity index (χ2v) is 5.93. The van der Waals surface area contributed by atoms with Crippen LogP contribution in [0.5, 0.6) is 0 Å². The first-order chi connectivity index (χ1) is 5.55. The van der Waals surface area contributed by atoms with Gasteiger partial charge < -0.3 is 10.5 Å². The molecule has 0 aromatic heterocycles. The van der Waals surface area contributed by atoms with Crippen LogP contribution in [0.1, 0.15) is 27.2 Å². The normalized spacial score (nSPS) is 31.0. The monoisotopic (exact) mass is 189 g/mol. The Hall–Kier alpha value is 0.270. The van der Waals surface area contributed by atoms with E-state index in [4.69, 9.17) is 10.5 Å². The van der Waals surface area contributed by atoms with Crippen LogP contribution in [0.25, 0.3) is 0 Å². The maximum Gasteiger partial charge on any atom is 0.0666 e. The van der Waals surface area contributed by atoms with E-state index in [9.17, 15) is 0 Å². The molecule has 0 bridgehead atoms. The summed E-state index contributed by atoms with van der Waals surface area (Å²) >= 11 is 1.97. The minimum absolute atomic E-state index is 0.201. The SMILES string of the molecule is CC1OCCC1SC(C)(C)CN. The smallest absolute Gasteiger partial charge is 0.0666 e. The van der Waals surface area contributed by atoms with E-state index >= 15 is 0 Å². The van der Waals surface area contributed by atoms with Crippen LogP contribution in [0.15, 0.2) is 0 Å². The predicted octanol–water partition coefficient (Wildman–Crippen LogP) is 1.63.